The number of anilines is 1. The quantitative estimate of drug-likeness (QED) is 0.396. The molecule has 0 radical (unpaired) electrons. The van der Waals surface area contributed by atoms with E-state index in [4.69, 9.17) is 0 Å². The number of aliphatic hydroxyl groups excluding tert-OH is 1. The molecule has 3 rings (SSSR count). The molecule has 0 saturated carbocycles. The number of halogens is 3. The van der Waals surface area contributed by atoms with Crippen LogP contribution in [0.3, 0.4) is 0 Å². The van der Waals surface area contributed by atoms with Crippen LogP contribution in [0.2, 0.25) is 0 Å². The number of rotatable bonds is 9. The second kappa shape index (κ2) is 11.2. The topological polar surface area (TPSA) is 96.2 Å². The second-order valence-corrected chi connectivity index (χ2v) is 8.39. The molecular formula is C23H23F3N4O3S. The van der Waals surface area contributed by atoms with Gasteiger partial charge in [-0.15, -0.1) is 0 Å². The molecule has 1 heterocycles. The molecule has 7 nitrogen and oxygen atoms in total. The minimum Gasteiger partial charge on any atom is -0.390 e. The molecule has 2 amide bonds. The van der Waals surface area contributed by atoms with Crippen LogP contribution in [0, 0.1) is 6.92 Å². The summed E-state index contributed by atoms with van der Waals surface area (Å²) in [6.45, 7) is 1.89. The van der Waals surface area contributed by atoms with Gasteiger partial charge in [-0.1, -0.05) is 41.6 Å². The summed E-state index contributed by atoms with van der Waals surface area (Å²) in [7, 11) is 0. The first-order valence-electron chi connectivity index (χ1n) is 10.2. The first kappa shape index (κ1) is 25.3. The van der Waals surface area contributed by atoms with E-state index in [0.29, 0.717) is 17.4 Å². The van der Waals surface area contributed by atoms with Crippen molar-refractivity contribution in [1.82, 2.24) is 14.9 Å². The Labute approximate surface area is 198 Å². The number of amides is 2. The number of aryl methyl sites for hydroxylation is 1. The largest absolute Gasteiger partial charge is 0.416 e. The number of aromatic nitrogens is 2. The zero-order valence-electron chi connectivity index (χ0n) is 18.2. The fraction of sp³-hybridized carbons (Fsp3) is 0.261. The number of imidazole rings is 1. The molecule has 0 spiro atoms. The second-order valence-electron chi connectivity index (χ2n) is 7.45. The molecular weight excluding hydrogens is 469 g/mol. The number of hydrogen-bond acceptors (Lipinski definition) is 5. The molecule has 0 fully saturated rings. The van der Waals surface area contributed by atoms with Crippen LogP contribution < -0.4 is 10.6 Å². The molecule has 3 N–H and O–H groups in total. The summed E-state index contributed by atoms with van der Waals surface area (Å²) >= 11 is 1.04. The van der Waals surface area contributed by atoms with Crippen LogP contribution in [0.1, 0.15) is 22.4 Å². The van der Waals surface area contributed by atoms with Gasteiger partial charge in [0.1, 0.15) is 6.54 Å². The van der Waals surface area contributed by atoms with Gasteiger partial charge in [-0.05, 0) is 36.8 Å². The molecule has 1 aromatic heterocycles. The summed E-state index contributed by atoms with van der Waals surface area (Å²) in [6, 6.07) is 11.9. The van der Waals surface area contributed by atoms with Crippen LogP contribution in [-0.4, -0.2) is 32.2 Å². The predicted octanol–water partition coefficient (Wildman–Crippen LogP) is 3.75. The van der Waals surface area contributed by atoms with E-state index in [0.717, 1.165) is 35.0 Å². The van der Waals surface area contributed by atoms with Gasteiger partial charge in [0, 0.05) is 12.2 Å². The summed E-state index contributed by atoms with van der Waals surface area (Å²) in [4.78, 5) is 28.8. The number of alkyl halides is 3. The summed E-state index contributed by atoms with van der Waals surface area (Å²) < 4.78 is 39.5. The fourth-order valence-corrected chi connectivity index (χ4v) is 3.78. The maximum Gasteiger partial charge on any atom is 0.416 e. The number of aliphatic hydroxyl groups is 1. The van der Waals surface area contributed by atoms with Crippen molar-refractivity contribution in [3.05, 3.63) is 77.1 Å². The molecule has 0 aliphatic heterocycles. The van der Waals surface area contributed by atoms with Crippen molar-refractivity contribution in [2.75, 3.05) is 11.1 Å². The zero-order valence-corrected chi connectivity index (χ0v) is 19.0. The van der Waals surface area contributed by atoms with Gasteiger partial charge < -0.3 is 20.3 Å². The molecule has 0 aliphatic rings. The van der Waals surface area contributed by atoms with Gasteiger partial charge in [0.05, 0.1) is 29.8 Å². The molecule has 34 heavy (non-hydrogen) atoms. The minimum absolute atomic E-state index is 0.0894. The first-order valence-corrected chi connectivity index (χ1v) is 11.2. The Balaban J connectivity index is 1.55. The van der Waals surface area contributed by atoms with Gasteiger partial charge in [-0.25, -0.2) is 4.98 Å². The van der Waals surface area contributed by atoms with Crippen LogP contribution >= 0.6 is 11.8 Å². The van der Waals surface area contributed by atoms with E-state index >= 15 is 0 Å². The molecule has 0 bridgehead atoms. The summed E-state index contributed by atoms with van der Waals surface area (Å²) in [5, 5.41) is 15.3. The molecule has 0 aliphatic carbocycles. The number of nitrogens with one attached hydrogen (secondary N) is 2. The minimum atomic E-state index is -4.45. The average Bonchev–Trinajstić information content (AvgIpc) is 3.18. The number of hydrogen-bond donors (Lipinski definition) is 3. The number of benzene rings is 2. The lowest BCUT2D eigenvalue weighted by atomic mass is 10.1. The van der Waals surface area contributed by atoms with E-state index in [1.165, 1.54) is 22.9 Å². The SMILES string of the molecule is Cc1ccc(CNC(=O)Cn2c(CO)cnc2SCC(=O)Nc2ccc(C(F)(F)F)cc2)cc1. The lowest BCUT2D eigenvalue weighted by Gasteiger charge is -2.12. The van der Waals surface area contributed by atoms with Crippen LogP contribution in [0.4, 0.5) is 18.9 Å². The van der Waals surface area contributed by atoms with Gasteiger partial charge >= 0.3 is 6.18 Å². The summed E-state index contributed by atoms with van der Waals surface area (Å²) in [5.41, 5.74) is 1.90. The molecule has 2 aromatic carbocycles. The third kappa shape index (κ3) is 7.09. The average molecular weight is 493 g/mol. The number of nitrogens with zero attached hydrogens (tertiary/aromatic N) is 2. The maximum atomic E-state index is 12.7. The van der Waals surface area contributed by atoms with Gasteiger partial charge in [0.2, 0.25) is 11.8 Å². The van der Waals surface area contributed by atoms with E-state index in [9.17, 15) is 27.9 Å². The van der Waals surface area contributed by atoms with Gasteiger partial charge in [-0.3, -0.25) is 9.59 Å². The smallest absolute Gasteiger partial charge is 0.390 e. The molecule has 0 saturated heterocycles. The van der Waals surface area contributed by atoms with Crippen molar-refractivity contribution in [1.29, 1.82) is 0 Å². The Bertz CT molecular complexity index is 1130. The highest BCUT2D eigenvalue weighted by atomic mass is 32.2. The van der Waals surface area contributed by atoms with E-state index in [-0.39, 0.29) is 30.5 Å². The third-order valence-corrected chi connectivity index (χ3v) is 5.79. The molecule has 3 aromatic rings. The number of thioether (sulfide) groups is 1. The Hall–Kier alpha value is -3.31. The van der Waals surface area contributed by atoms with Crippen LogP contribution in [-0.2, 0) is 35.5 Å². The Morgan fingerprint density at radius 2 is 1.74 bits per heavy atom. The lowest BCUT2D eigenvalue weighted by Crippen LogP contribution is -2.28. The number of carbonyl (C=O) groups excluding carboxylic acids is 2. The van der Waals surface area contributed by atoms with Gasteiger partial charge in [0.15, 0.2) is 5.16 Å². The predicted molar refractivity (Wildman–Crippen MR) is 122 cm³/mol. The highest BCUT2D eigenvalue weighted by Gasteiger charge is 2.30. The molecule has 0 atom stereocenters. The van der Waals surface area contributed by atoms with Crippen molar-refractivity contribution in [2.24, 2.45) is 0 Å². The van der Waals surface area contributed by atoms with Crippen LogP contribution in [0.15, 0.2) is 59.9 Å². The molecule has 11 heteroatoms. The fourth-order valence-electron chi connectivity index (χ4n) is 2.98. The van der Waals surface area contributed by atoms with Crippen molar-refractivity contribution in [3.8, 4) is 0 Å². The Morgan fingerprint density at radius 1 is 1.06 bits per heavy atom. The first-order chi connectivity index (χ1) is 16.2. The summed E-state index contributed by atoms with van der Waals surface area (Å²) in [5.74, 6) is -0.827. The van der Waals surface area contributed by atoms with E-state index in [2.05, 4.69) is 15.6 Å². The standard InChI is InChI=1S/C23H23F3N4O3S/c1-15-2-4-16(5-3-15)10-27-20(32)12-30-19(13-31)11-28-22(30)34-14-21(33)29-18-8-6-17(7-9-18)23(24,25)26/h2-9,11,31H,10,12-14H2,1H3,(H,27,32)(H,29,33). The zero-order chi connectivity index (χ0) is 24.7. The van der Waals surface area contributed by atoms with Crippen molar-refractivity contribution >= 4 is 29.3 Å². The van der Waals surface area contributed by atoms with Gasteiger partial charge in [-0.2, -0.15) is 13.2 Å². The van der Waals surface area contributed by atoms with Crippen LogP contribution in [0.25, 0.3) is 0 Å². The maximum absolute atomic E-state index is 12.7. The Kier molecular flexibility index (Phi) is 8.35. The highest BCUT2D eigenvalue weighted by Crippen LogP contribution is 2.30. The van der Waals surface area contributed by atoms with E-state index in [1.807, 2.05) is 31.2 Å². The van der Waals surface area contributed by atoms with Gasteiger partial charge in [0.25, 0.3) is 0 Å². The highest BCUT2D eigenvalue weighted by molar-refractivity contribution is 7.99. The van der Waals surface area contributed by atoms with E-state index in [1.54, 1.807) is 0 Å². The third-order valence-electron chi connectivity index (χ3n) is 4.80. The Morgan fingerprint density at radius 3 is 2.35 bits per heavy atom. The molecule has 180 valence electrons. The lowest BCUT2D eigenvalue weighted by molar-refractivity contribution is -0.137. The van der Waals surface area contributed by atoms with Crippen molar-refractivity contribution in [3.63, 3.8) is 0 Å². The number of carbonyl (C=O) groups is 2. The monoisotopic (exact) mass is 492 g/mol. The normalized spacial score (nSPS) is 11.3. The summed E-state index contributed by atoms with van der Waals surface area (Å²) in [6.07, 6.45) is -3.03. The van der Waals surface area contributed by atoms with Crippen molar-refractivity contribution in [2.45, 2.75) is 38.0 Å². The van der Waals surface area contributed by atoms with Crippen molar-refractivity contribution < 1.29 is 27.9 Å². The van der Waals surface area contributed by atoms with E-state index < -0.39 is 17.6 Å². The van der Waals surface area contributed by atoms with Crippen LogP contribution in [0.5, 0.6) is 0 Å². The molecule has 0 unspecified atom stereocenters.